The average Bonchev–Trinajstić information content (AvgIpc) is 3.55. The van der Waals surface area contributed by atoms with Crippen molar-refractivity contribution in [2.24, 2.45) is 0 Å². The van der Waals surface area contributed by atoms with Crippen LogP contribution < -0.4 is 11.0 Å². The van der Waals surface area contributed by atoms with Crippen molar-refractivity contribution in [2.45, 2.75) is 30.6 Å². The van der Waals surface area contributed by atoms with Gasteiger partial charge in [-0.05, 0) is 48.6 Å². The Morgan fingerprint density at radius 1 is 1.30 bits per heavy atom. The molecule has 1 aliphatic heterocycles. The number of para-hydroxylation sites is 1. The molecule has 152 valence electrons. The van der Waals surface area contributed by atoms with E-state index in [-0.39, 0.29) is 5.44 Å². The summed E-state index contributed by atoms with van der Waals surface area (Å²) in [4.78, 5) is 17.4. The summed E-state index contributed by atoms with van der Waals surface area (Å²) in [5.41, 5.74) is 2.68. The zero-order chi connectivity index (χ0) is 20.7. The molecule has 0 spiro atoms. The Balaban J connectivity index is 1.67. The van der Waals surface area contributed by atoms with Crippen LogP contribution in [0.2, 0.25) is 5.02 Å². The van der Waals surface area contributed by atoms with Crippen molar-refractivity contribution >= 4 is 40.1 Å². The Morgan fingerprint density at radius 3 is 2.77 bits per heavy atom. The smallest absolute Gasteiger partial charge is 0.354 e. The standard InChI is InChI=1S/C22H19ClN4O2S/c23-17-3-1-2-4-18(17)27-19-10-15(13-5-6-13)14(11-24)9-16(19)21(26-22(27)28)25-12-30-20-7-8-29-20/h1-4,9-10,13,20H,5-8,12H2,(H,25,26,28). The molecule has 1 aliphatic carbocycles. The van der Waals surface area contributed by atoms with Gasteiger partial charge in [0.05, 0.1) is 40.3 Å². The van der Waals surface area contributed by atoms with Crippen molar-refractivity contribution in [3.63, 3.8) is 0 Å². The fourth-order valence-corrected chi connectivity index (χ4v) is 4.75. The molecule has 8 heteroatoms. The number of halogens is 1. The molecule has 5 rings (SSSR count). The van der Waals surface area contributed by atoms with Crippen molar-refractivity contribution in [3.8, 4) is 11.8 Å². The zero-order valence-electron chi connectivity index (χ0n) is 16.1. The second-order valence-corrected chi connectivity index (χ2v) is 9.00. The van der Waals surface area contributed by atoms with Gasteiger partial charge >= 0.3 is 5.69 Å². The van der Waals surface area contributed by atoms with Gasteiger partial charge in [0.25, 0.3) is 0 Å². The van der Waals surface area contributed by atoms with Crippen LogP contribution in [0, 0.1) is 11.3 Å². The number of rotatable bonds is 6. The van der Waals surface area contributed by atoms with E-state index >= 15 is 0 Å². The van der Waals surface area contributed by atoms with Crippen molar-refractivity contribution in [2.75, 3.05) is 17.8 Å². The lowest BCUT2D eigenvalue weighted by atomic mass is 10.0. The normalized spacial score (nSPS) is 18.1. The van der Waals surface area contributed by atoms with Crippen LogP contribution in [0.3, 0.4) is 0 Å². The SMILES string of the molecule is N#Cc1cc2c(NCSC3CCO3)nc(=O)n(-c3ccccc3Cl)c2cc1C1CC1. The lowest BCUT2D eigenvalue weighted by molar-refractivity contribution is 0.00990. The molecule has 2 heterocycles. The number of fused-ring (bicyclic) bond motifs is 1. The van der Waals surface area contributed by atoms with E-state index in [4.69, 9.17) is 16.3 Å². The molecule has 6 nitrogen and oxygen atoms in total. The summed E-state index contributed by atoms with van der Waals surface area (Å²) in [5, 5.41) is 14.2. The summed E-state index contributed by atoms with van der Waals surface area (Å²) < 4.78 is 6.97. The molecule has 1 saturated heterocycles. The minimum atomic E-state index is -0.408. The minimum Gasteiger partial charge on any atom is -0.367 e. The molecule has 0 bridgehead atoms. The zero-order valence-corrected chi connectivity index (χ0v) is 17.7. The number of benzene rings is 2. The van der Waals surface area contributed by atoms with E-state index in [9.17, 15) is 10.1 Å². The van der Waals surface area contributed by atoms with E-state index in [2.05, 4.69) is 16.4 Å². The van der Waals surface area contributed by atoms with Gasteiger partial charge < -0.3 is 10.1 Å². The summed E-state index contributed by atoms with van der Waals surface area (Å²) in [5.74, 6) is 1.41. The van der Waals surface area contributed by atoms with Gasteiger partial charge in [0, 0.05) is 11.8 Å². The lowest BCUT2D eigenvalue weighted by Crippen LogP contribution is -2.26. The maximum absolute atomic E-state index is 13.1. The summed E-state index contributed by atoms with van der Waals surface area (Å²) in [6, 6.07) is 13.3. The van der Waals surface area contributed by atoms with E-state index in [1.807, 2.05) is 24.3 Å². The van der Waals surface area contributed by atoms with E-state index in [1.54, 1.807) is 23.9 Å². The van der Waals surface area contributed by atoms with Crippen LogP contribution in [-0.4, -0.2) is 27.5 Å². The molecule has 2 aliphatic rings. The lowest BCUT2D eigenvalue weighted by Gasteiger charge is -2.25. The highest BCUT2D eigenvalue weighted by atomic mass is 35.5. The number of hydrogen-bond donors (Lipinski definition) is 1. The predicted octanol–water partition coefficient (Wildman–Crippen LogP) is 4.64. The molecule has 1 N–H and O–H groups in total. The van der Waals surface area contributed by atoms with Crippen molar-refractivity contribution in [1.29, 1.82) is 5.26 Å². The highest BCUT2D eigenvalue weighted by Gasteiger charge is 2.28. The molecule has 1 unspecified atom stereocenters. The van der Waals surface area contributed by atoms with Crippen LogP contribution in [-0.2, 0) is 4.74 Å². The Hall–Kier alpha value is -2.53. The quantitative estimate of drug-likeness (QED) is 0.565. The molecular formula is C22H19ClN4O2S. The number of nitriles is 1. The second kappa shape index (κ2) is 7.95. The summed E-state index contributed by atoms with van der Waals surface area (Å²) in [6.07, 6.45) is 3.15. The predicted molar refractivity (Wildman–Crippen MR) is 119 cm³/mol. The molecule has 1 atom stereocenters. The third kappa shape index (κ3) is 3.56. The largest absolute Gasteiger partial charge is 0.367 e. The minimum absolute atomic E-state index is 0.184. The number of aromatic nitrogens is 2. The molecule has 2 fully saturated rings. The van der Waals surface area contributed by atoms with E-state index in [0.717, 1.165) is 36.8 Å². The fraction of sp³-hybridized carbons (Fsp3) is 0.318. The van der Waals surface area contributed by atoms with Crippen molar-refractivity contribution < 1.29 is 4.74 Å². The third-order valence-electron chi connectivity index (χ3n) is 5.46. The van der Waals surface area contributed by atoms with Crippen molar-refractivity contribution in [3.05, 3.63) is 63.0 Å². The van der Waals surface area contributed by atoms with Gasteiger partial charge in [0.15, 0.2) is 0 Å². The Labute approximate surface area is 182 Å². The maximum atomic E-state index is 13.1. The molecule has 0 amide bonds. The van der Waals surface area contributed by atoms with E-state index in [1.165, 1.54) is 4.57 Å². The van der Waals surface area contributed by atoms with Crippen LogP contribution in [0.25, 0.3) is 16.6 Å². The highest BCUT2D eigenvalue weighted by molar-refractivity contribution is 7.99. The fourth-order valence-electron chi connectivity index (χ4n) is 3.67. The number of hydrogen-bond acceptors (Lipinski definition) is 6. The van der Waals surface area contributed by atoms with Gasteiger partial charge in [0.1, 0.15) is 11.3 Å². The molecule has 3 aromatic rings. The number of ether oxygens (including phenoxy) is 1. The van der Waals surface area contributed by atoms with Gasteiger partial charge in [-0.15, -0.1) is 11.8 Å². The summed E-state index contributed by atoms with van der Waals surface area (Å²) in [6.45, 7) is 0.794. The second-order valence-electron chi connectivity index (χ2n) is 7.45. The highest BCUT2D eigenvalue weighted by Crippen LogP contribution is 2.43. The Kier molecular flexibility index (Phi) is 5.15. The van der Waals surface area contributed by atoms with Gasteiger partial charge in [-0.3, -0.25) is 4.57 Å². The number of nitrogens with zero attached hydrogens (tertiary/aromatic N) is 3. The molecule has 0 radical (unpaired) electrons. The first-order chi connectivity index (χ1) is 14.7. The number of nitrogens with one attached hydrogen (secondary N) is 1. The molecule has 2 aromatic carbocycles. The Morgan fingerprint density at radius 2 is 2.10 bits per heavy atom. The van der Waals surface area contributed by atoms with Crippen molar-refractivity contribution in [1.82, 2.24) is 9.55 Å². The van der Waals surface area contributed by atoms with E-state index < -0.39 is 5.69 Å². The van der Waals surface area contributed by atoms with Gasteiger partial charge in [-0.2, -0.15) is 10.2 Å². The number of anilines is 1. The number of thioether (sulfide) groups is 1. The maximum Gasteiger partial charge on any atom is 0.354 e. The van der Waals surface area contributed by atoms with Crippen LogP contribution in [0.15, 0.2) is 41.2 Å². The monoisotopic (exact) mass is 438 g/mol. The molecule has 30 heavy (non-hydrogen) atoms. The van der Waals surface area contributed by atoms with Gasteiger partial charge in [0.2, 0.25) is 0 Å². The molecule has 1 saturated carbocycles. The summed E-state index contributed by atoms with van der Waals surface area (Å²) in [7, 11) is 0. The molecular weight excluding hydrogens is 420 g/mol. The first-order valence-corrected chi connectivity index (χ1v) is 11.3. The van der Waals surface area contributed by atoms with Crippen LogP contribution in [0.5, 0.6) is 0 Å². The summed E-state index contributed by atoms with van der Waals surface area (Å²) >= 11 is 8.05. The third-order valence-corrected chi connectivity index (χ3v) is 6.83. The topological polar surface area (TPSA) is 79.9 Å². The first kappa shape index (κ1) is 19.4. The van der Waals surface area contributed by atoms with Crippen LogP contribution in [0.4, 0.5) is 5.82 Å². The van der Waals surface area contributed by atoms with Gasteiger partial charge in [-0.25, -0.2) is 4.79 Å². The molecule has 1 aromatic heterocycles. The van der Waals surface area contributed by atoms with Crippen LogP contribution >= 0.6 is 23.4 Å². The average molecular weight is 439 g/mol. The first-order valence-electron chi connectivity index (χ1n) is 9.88. The Bertz CT molecular complexity index is 1230. The van der Waals surface area contributed by atoms with Gasteiger partial charge in [-0.1, -0.05) is 23.7 Å². The van der Waals surface area contributed by atoms with Crippen LogP contribution in [0.1, 0.15) is 36.3 Å². The van der Waals surface area contributed by atoms with E-state index in [0.29, 0.717) is 39.4 Å².